The largest absolute Gasteiger partial charge is 0.496 e. The van der Waals surface area contributed by atoms with Crippen LogP contribution in [0, 0.1) is 0 Å². The number of benzene rings is 1. The lowest BCUT2D eigenvalue weighted by atomic mass is 9.80. The third-order valence-electron chi connectivity index (χ3n) is 2.50. The van der Waals surface area contributed by atoms with E-state index in [2.05, 4.69) is 20.9 Å². The van der Waals surface area contributed by atoms with Crippen LogP contribution < -0.4 is 10.2 Å². The number of halogens is 1. The van der Waals surface area contributed by atoms with Crippen LogP contribution in [0.25, 0.3) is 11.3 Å². The molecule has 0 aliphatic carbocycles. The van der Waals surface area contributed by atoms with Crippen LogP contribution in [0.1, 0.15) is 0 Å². The summed E-state index contributed by atoms with van der Waals surface area (Å²) in [6.45, 7) is 0. The van der Waals surface area contributed by atoms with E-state index >= 15 is 0 Å². The highest BCUT2D eigenvalue weighted by atomic mass is 79.9. The first-order valence-corrected chi connectivity index (χ1v) is 6.08. The summed E-state index contributed by atoms with van der Waals surface area (Å²) in [7, 11) is 0.0521. The van der Waals surface area contributed by atoms with Crippen LogP contribution in [0.4, 0.5) is 0 Å². The third kappa shape index (κ3) is 2.72. The fourth-order valence-electron chi connectivity index (χ4n) is 1.66. The Balaban J connectivity index is 2.56. The van der Waals surface area contributed by atoms with Crippen molar-refractivity contribution in [1.82, 2.24) is 4.98 Å². The van der Waals surface area contributed by atoms with Crippen LogP contribution in [-0.4, -0.2) is 29.3 Å². The Morgan fingerprint density at radius 3 is 2.61 bits per heavy atom. The summed E-state index contributed by atoms with van der Waals surface area (Å²) in [5, 5.41) is 18.4. The second-order valence-corrected chi connectivity index (χ2v) is 4.49. The summed E-state index contributed by atoms with van der Waals surface area (Å²) in [6.07, 6.45) is 0. The molecule has 92 valence electrons. The SMILES string of the molecule is COc1ccccc1-c1cc(B(O)O)cc(Br)n1. The van der Waals surface area contributed by atoms with Crippen molar-refractivity contribution in [2.75, 3.05) is 7.11 Å². The number of aromatic nitrogens is 1. The van der Waals surface area contributed by atoms with Crippen LogP contribution >= 0.6 is 15.9 Å². The molecular weight excluding hydrogens is 297 g/mol. The van der Waals surface area contributed by atoms with Crippen LogP contribution in [0.5, 0.6) is 5.75 Å². The van der Waals surface area contributed by atoms with E-state index in [1.165, 1.54) is 0 Å². The number of hydrogen-bond donors (Lipinski definition) is 2. The summed E-state index contributed by atoms with van der Waals surface area (Å²) in [5.74, 6) is 0.682. The van der Waals surface area contributed by atoms with Crippen molar-refractivity contribution in [3.8, 4) is 17.0 Å². The smallest absolute Gasteiger partial charge is 0.488 e. The molecule has 0 saturated heterocycles. The number of para-hydroxylation sites is 1. The van der Waals surface area contributed by atoms with Gasteiger partial charge in [-0.3, -0.25) is 0 Å². The van der Waals surface area contributed by atoms with E-state index in [1.807, 2.05) is 24.3 Å². The molecule has 0 radical (unpaired) electrons. The van der Waals surface area contributed by atoms with E-state index in [1.54, 1.807) is 19.2 Å². The molecule has 0 saturated carbocycles. The Labute approximate surface area is 114 Å². The molecule has 0 bridgehead atoms. The molecule has 0 aliphatic heterocycles. The number of methoxy groups -OCH3 is 1. The van der Waals surface area contributed by atoms with Gasteiger partial charge >= 0.3 is 7.12 Å². The van der Waals surface area contributed by atoms with Gasteiger partial charge in [0.2, 0.25) is 0 Å². The lowest BCUT2D eigenvalue weighted by Gasteiger charge is -2.09. The minimum atomic E-state index is -1.53. The molecular formula is C12H11BBrNO3. The van der Waals surface area contributed by atoms with Gasteiger partial charge in [0.25, 0.3) is 0 Å². The van der Waals surface area contributed by atoms with E-state index in [9.17, 15) is 10.0 Å². The van der Waals surface area contributed by atoms with Gasteiger partial charge in [0.15, 0.2) is 0 Å². The summed E-state index contributed by atoms with van der Waals surface area (Å²) in [4.78, 5) is 4.31. The molecule has 1 aromatic heterocycles. The number of ether oxygens (including phenoxy) is 1. The average molecular weight is 308 g/mol. The third-order valence-corrected chi connectivity index (χ3v) is 2.90. The normalized spacial score (nSPS) is 10.2. The maximum Gasteiger partial charge on any atom is 0.488 e. The first-order chi connectivity index (χ1) is 8.61. The lowest BCUT2D eigenvalue weighted by molar-refractivity contribution is 0.416. The van der Waals surface area contributed by atoms with E-state index in [4.69, 9.17) is 4.74 Å². The molecule has 2 N–H and O–H groups in total. The molecule has 2 aromatic rings. The van der Waals surface area contributed by atoms with Crippen molar-refractivity contribution in [3.05, 3.63) is 41.0 Å². The topological polar surface area (TPSA) is 62.6 Å². The Kier molecular flexibility index (Phi) is 4.01. The van der Waals surface area contributed by atoms with Gasteiger partial charge in [-0.2, -0.15) is 0 Å². The molecule has 0 spiro atoms. The molecule has 0 aliphatic rings. The van der Waals surface area contributed by atoms with Crippen molar-refractivity contribution < 1.29 is 14.8 Å². The van der Waals surface area contributed by atoms with Gasteiger partial charge in [0, 0.05) is 5.56 Å². The summed E-state index contributed by atoms with van der Waals surface area (Å²) >= 11 is 3.25. The minimum absolute atomic E-state index is 0.373. The zero-order chi connectivity index (χ0) is 13.1. The lowest BCUT2D eigenvalue weighted by Crippen LogP contribution is -2.30. The highest BCUT2D eigenvalue weighted by Gasteiger charge is 2.15. The van der Waals surface area contributed by atoms with E-state index in [0.29, 0.717) is 21.5 Å². The van der Waals surface area contributed by atoms with Crippen molar-refractivity contribution in [2.24, 2.45) is 0 Å². The number of nitrogens with zero attached hydrogens (tertiary/aromatic N) is 1. The monoisotopic (exact) mass is 307 g/mol. The number of rotatable bonds is 3. The molecule has 18 heavy (non-hydrogen) atoms. The number of hydrogen-bond acceptors (Lipinski definition) is 4. The van der Waals surface area contributed by atoms with Crippen molar-refractivity contribution in [2.45, 2.75) is 0 Å². The first kappa shape index (κ1) is 13.1. The molecule has 1 heterocycles. The first-order valence-electron chi connectivity index (χ1n) is 5.29. The Morgan fingerprint density at radius 1 is 1.22 bits per heavy atom. The molecule has 0 amide bonds. The summed E-state index contributed by atoms with van der Waals surface area (Å²) in [5.41, 5.74) is 1.78. The molecule has 0 atom stereocenters. The van der Waals surface area contributed by atoms with E-state index in [-0.39, 0.29) is 0 Å². The average Bonchev–Trinajstić information content (AvgIpc) is 2.38. The molecule has 4 nitrogen and oxygen atoms in total. The molecule has 2 rings (SSSR count). The van der Waals surface area contributed by atoms with E-state index in [0.717, 1.165) is 5.56 Å². The van der Waals surface area contributed by atoms with Crippen molar-refractivity contribution >= 4 is 28.5 Å². The van der Waals surface area contributed by atoms with Crippen LogP contribution in [0.3, 0.4) is 0 Å². The minimum Gasteiger partial charge on any atom is -0.496 e. The Bertz CT molecular complexity index is 563. The van der Waals surface area contributed by atoms with Crippen molar-refractivity contribution in [1.29, 1.82) is 0 Å². The zero-order valence-corrected chi connectivity index (χ0v) is 11.3. The van der Waals surface area contributed by atoms with Gasteiger partial charge in [-0.1, -0.05) is 12.1 Å². The predicted octanol–water partition coefficient (Wildman–Crippen LogP) is 1.20. The summed E-state index contributed by atoms with van der Waals surface area (Å²) in [6, 6.07) is 10.6. The van der Waals surface area contributed by atoms with Crippen LogP contribution in [0.15, 0.2) is 41.0 Å². The number of pyridine rings is 1. The molecule has 1 aromatic carbocycles. The highest BCUT2D eigenvalue weighted by molar-refractivity contribution is 9.10. The highest BCUT2D eigenvalue weighted by Crippen LogP contribution is 2.28. The van der Waals surface area contributed by atoms with E-state index < -0.39 is 7.12 Å². The quantitative estimate of drug-likeness (QED) is 0.661. The molecule has 6 heteroatoms. The Hall–Kier alpha value is -1.37. The van der Waals surface area contributed by atoms with Crippen LogP contribution in [-0.2, 0) is 0 Å². The molecule has 0 unspecified atom stereocenters. The standard InChI is InChI=1S/C12H11BBrNO3/c1-18-11-5-3-2-4-9(11)10-6-8(13(16)17)7-12(14)15-10/h2-7,16-17H,1H3. The van der Waals surface area contributed by atoms with Crippen molar-refractivity contribution in [3.63, 3.8) is 0 Å². The Morgan fingerprint density at radius 2 is 1.94 bits per heavy atom. The molecule has 0 fully saturated rings. The van der Waals surface area contributed by atoms with Gasteiger partial charge in [0.05, 0.1) is 12.8 Å². The van der Waals surface area contributed by atoms with Gasteiger partial charge < -0.3 is 14.8 Å². The van der Waals surface area contributed by atoms with Gasteiger partial charge in [-0.05, 0) is 45.7 Å². The predicted molar refractivity (Wildman–Crippen MR) is 73.8 cm³/mol. The van der Waals surface area contributed by atoms with Gasteiger partial charge in [-0.15, -0.1) is 0 Å². The maximum atomic E-state index is 9.22. The van der Waals surface area contributed by atoms with Gasteiger partial charge in [-0.25, -0.2) is 4.98 Å². The fourth-order valence-corrected chi connectivity index (χ4v) is 2.12. The summed E-state index contributed by atoms with van der Waals surface area (Å²) < 4.78 is 5.80. The maximum absolute atomic E-state index is 9.22. The fraction of sp³-hybridized carbons (Fsp3) is 0.0833. The van der Waals surface area contributed by atoms with Crippen LogP contribution in [0.2, 0.25) is 0 Å². The van der Waals surface area contributed by atoms with Gasteiger partial charge in [0.1, 0.15) is 10.4 Å². The second-order valence-electron chi connectivity index (χ2n) is 3.68. The second kappa shape index (κ2) is 5.52. The zero-order valence-electron chi connectivity index (χ0n) is 9.67.